The van der Waals surface area contributed by atoms with Crippen LogP contribution in [0.15, 0.2) is 36.7 Å². The second-order valence-electron chi connectivity index (χ2n) is 4.63. The maximum Gasteiger partial charge on any atom is 0.264 e. The van der Waals surface area contributed by atoms with Crippen molar-refractivity contribution in [2.45, 2.75) is 0 Å². The van der Waals surface area contributed by atoms with E-state index in [1.807, 2.05) is 30.5 Å². The summed E-state index contributed by atoms with van der Waals surface area (Å²) in [4.78, 5) is 22.8. The smallest absolute Gasteiger partial charge is 0.264 e. The summed E-state index contributed by atoms with van der Waals surface area (Å²) in [5.74, 6) is 2.42. The van der Waals surface area contributed by atoms with Gasteiger partial charge in [-0.15, -0.1) is 17.8 Å². The molecule has 3 heterocycles. The molecule has 5 heteroatoms. The van der Waals surface area contributed by atoms with Crippen molar-refractivity contribution in [3.8, 4) is 22.8 Å². The summed E-state index contributed by atoms with van der Waals surface area (Å²) in [5.41, 5.74) is 1.92. The fraction of sp³-hybridized carbons (Fsp3) is 0.125. The van der Waals surface area contributed by atoms with Gasteiger partial charge in [0.05, 0.1) is 11.4 Å². The van der Waals surface area contributed by atoms with Crippen molar-refractivity contribution in [3.05, 3.63) is 41.5 Å². The first-order chi connectivity index (χ1) is 10.2. The topological polar surface area (TPSA) is 49.0 Å². The van der Waals surface area contributed by atoms with Gasteiger partial charge in [-0.1, -0.05) is 5.92 Å². The molecule has 3 aromatic heterocycles. The molecule has 0 saturated heterocycles. The number of hydrogen-bond donors (Lipinski definition) is 1. The number of aromatic nitrogens is 2. The molecule has 0 spiro atoms. The van der Waals surface area contributed by atoms with Gasteiger partial charge in [0.1, 0.15) is 5.65 Å². The van der Waals surface area contributed by atoms with Crippen LogP contribution >= 0.6 is 11.3 Å². The molecule has 0 atom stereocenters. The first kappa shape index (κ1) is 13.4. The Kier molecular flexibility index (Phi) is 3.46. The highest BCUT2D eigenvalue weighted by Gasteiger charge is 2.15. The molecule has 0 saturated carbocycles. The highest BCUT2D eigenvalue weighted by atomic mass is 32.1. The van der Waals surface area contributed by atoms with Crippen LogP contribution in [-0.2, 0) is 0 Å². The van der Waals surface area contributed by atoms with Crippen molar-refractivity contribution in [2.75, 3.05) is 13.6 Å². The number of nitrogens with zero attached hydrogens (tertiary/aromatic N) is 2. The van der Waals surface area contributed by atoms with Gasteiger partial charge in [0.25, 0.3) is 5.91 Å². The van der Waals surface area contributed by atoms with Crippen LogP contribution in [0.25, 0.3) is 21.5 Å². The largest absolute Gasteiger partial charge is 0.346 e. The Balaban J connectivity index is 1.97. The number of nitrogens with one attached hydrogen (secondary N) is 1. The van der Waals surface area contributed by atoms with Gasteiger partial charge in [-0.3, -0.25) is 4.79 Å². The quantitative estimate of drug-likeness (QED) is 0.755. The molecule has 0 aromatic carbocycles. The molecule has 21 heavy (non-hydrogen) atoms. The minimum absolute atomic E-state index is 0.0523. The summed E-state index contributed by atoms with van der Waals surface area (Å²) in [5, 5.41) is 1.05. The van der Waals surface area contributed by atoms with Crippen molar-refractivity contribution in [1.82, 2.24) is 14.9 Å². The Morgan fingerprint density at radius 1 is 1.43 bits per heavy atom. The summed E-state index contributed by atoms with van der Waals surface area (Å²) < 4.78 is 0. The molecule has 0 fully saturated rings. The summed E-state index contributed by atoms with van der Waals surface area (Å²) in [7, 11) is 1.71. The molecular formula is C16H13N3OS. The van der Waals surface area contributed by atoms with E-state index in [4.69, 9.17) is 6.42 Å². The molecule has 0 aliphatic carbocycles. The summed E-state index contributed by atoms with van der Waals surface area (Å²) in [6.45, 7) is 0.309. The predicted octanol–water partition coefficient (Wildman–Crippen LogP) is 3.00. The van der Waals surface area contributed by atoms with Gasteiger partial charge < -0.3 is 9.88 Å². The minimum Gasteiger partial charge on any atom is -0.346 e. The van der Waals surface area contributed by atoms with Gasteiger partial charge >= 0.3 is 0 Å². The zero-order valence-corrected chi connectivity index (χ0v) is 12.3. The third kappa shape index (κ3) is 2.41. The monoisotopic (exact) mass is 295 g/mol. The van der Waals surface area contributed by atoms with Gasteiger partial charge in [-0.2, -0.15) is 0 Å². The summed E-state index contributed by atoms with van der Waals surface area (Å²) in [6.07, 6.45) is 8.87. The maximum absolute atomic E-state index is 12.2. The third-order valence-corrected chi connectivity index (χ3v) is 4.32. The van der Waals surface area contributed by atoms with Gasteiger partial charge in [0, 0.05) is 35.3 Å². The number of carbonyl (C=O) groups is 1. The lowest BCUT2D eigenvalue weighted by atomic mass is 10.1. The number of carbonyl (C=O) groups excluding carboxylic acids is 1. The number of hydrogen-bond acceptors (Lipinski definition) is 3. The fourth-order valence-corrected chi connectivity index (χ4v) is 3.21. The van der Waals surface area contributed by atoms with Crippen molar-refractivity contribution in [3.63, 3.8) is 0 Å². The first-order valence-electron chi connectivity index (χ1n) is 6.42. The lowest BCUT2D eigenvalue weighted by molar-refractivity contribution is 0.0817. The SMILES string of the molecule is C#CCN(C)C(=O)c1ccc(-c2ccnc3[nH]ccc23)s1. The zero-order valence-electron chi connectivity index (χ0n) is 11.5. The molecule has 1 N–H and O–H groups in total. The van der Waals surface area contributed by atoms with E-state index in [9.17, 15) is 4.79 Å². The van der Waals surface area contributed by atoms with E-state index in [0.29, 0.717) is 11.4 Å². The molecule has 0 unspecified atom stereocenters. The molecule has 3 aromatic rings. The van der Waals surface area contributed by atoms with Crippen molar-refractivity contribution >= 4 is 28.3 Å². The van der Waals surface area contributed by atoms with E-state index in [0.717, 1.165) is 21.5 Å². The van der Waals surface area contributed by atoms with Crippen LogP contribution in [0, 0.1) is 12.3 Å². The van der Waals surface area contributed by atoms with Crippen LogP contribution < -0.4 is 0 Å². The van der Waals surface area contributed by atoms with Crippen LogP contribution in [0.3, 0.4) is 0 Å². The number of pyridine rings is 1. The fourth-order valence-electron chi connectivity index (χ4n) is 2.17. The number of thiophene rings is 1. The van der Waals surface area contributed by atoms with E-state index in [1.54, 1.807) is 13.2 Å². The number of amides is 1. The number of terminal acetylenes is 1. The second-order valence-corrected chi connectivity index (χ2v) is 5.71. The third-order valence-electron chi connectivity index (χ3n) is 3.22. The Bertz CT molecular complexity index is 840. The van der Waals surface area contributed by atoms with Gasteiger partial charge in [0.2, 0.25) is 0 Å². The van der Waals surface area contributed by atoms with Gasteiger partial charge in [0.15, 0.2) is 0 Å². The molecule has 0 aliphatic heterocycles. The molecule has 0 radical (unpaired) electrons. The first-order valence-corrected chi connectivity index (χ1v) is 7.23. The molecule has 3 rings (SSSR count). The van der Waals surface area contributed by atoms with Gasteiger partial charge in [-0.05, 0) is 24.3 Å². The lowest BCUT2D eigenvalue weighted by Gasteiger charge is -2.11. The van der Waals surface area contributed by atoms with E-state index >= 15 is 0 Å². The van der Waals surface area contributed by atoms with E-state index < -0.39 is 0 Å². The van der Waals surface area contributed by atoms with Gasteiger partial charge in [-0.25, -0.2) is 4.98 Å². The lowest BCUT2D eigenvalue weighted by Crippen LogP contribution is -2.26. The summed E-state index contributed by atoms with van der Waals surface area (Å²) >= 11 is 1.47. The number of rotatable bonds is 3. The number of H-pyrrole nitrogens is 1. The predicted molar refractivity (Wildman–Crippen MR) is 85.2 cm³/mol. The van der Waals surface area contributed by atoms with Crippen molar-refractivity contribution in [2.24, 2.45) is 0 Å². The Hall–Kier alpha value is -2.58. The van der Waals surface area contributed by atoms with Crippen LogP contribution in [0.4, 0.5) is 0 Å². The highest BCUT2D eigenvalue weighted by molar-refractivity contribution is 7.17. The molecular weight excluding hydrogens is 282 g/mol. The van der Waals surface area contributed by atoms with Crippen LogP contribution in [0.2, 0.25) is 0 Å². The number of fused-ring (bicyclic) bond motifs is 1. The zero-order chi connectivity index (χ0) is 14.8. The van der Waals surface area contributed by atoms with E-state index in [-0.39, 0.29) is 5.91 Å². The molecule has 1 amide bonds. The van der Waals surface area contributed by atoms with Crippen LogP contribution in [0.1, 0.15) is 9.67 Å². The molecule has 4 nitrogen and oxygen atoms in total. The standard InChI is InChI=1S/C16H13N3OS/c1-3-10-19(2)16(20)14-5-4-13(21-14)11-6-8-17-15-12(11)7-9-18-15/h1,4-9H,10H2,2H3,(H,17,18). The van der Waals surface area contributed by atoms with Crippen LogP contribution in [-0.4, -0.2) is 34.4 Å². The highest BCUT2D eigenvalue weighted by Crippen LogP contribution is 2.33. The second kappa shape index (κ2) is 5.43. The normalized spacial score (nSPS) is 10.5. The Morgan fingerprint density at radius 2 is 2.29 bits per heavy atom. The van der Waals surface area contributed by atoms with Crippen molar-refractivity contribution < 1.29 is 4.79 Å². The average molecular weight is 295 g/mol. The Labute approximate surface area is 126 Å². The number of aromatic amines is 1. The van der Waals surface area contributed by atoms with Crippen molar-refractivity contribution in [1.29, 1.82) is 0 Å². The van der Waals surface area contributed by atoms with Crippen LogP contribution in [0.5, 0.6) is 0 Å². The Morgan fingerprint density at radius 3 is 3.10 bits per heavy atom. The molecule has 104 valence electrons. The summed E-state index contributed by atoms with van der Waals surface area (Å²) in [6, 6.07) is 7.75. The average Bonchev–Trinajstić information content (AvgIpc) is 3.15. The molecule has 0 bridgehead atoms. The van der Waals surface area contributed by atoms with E-state index in [1.165, 1.54) is 16.2 Å². The molecule has 0 aliphatic rings. The van der Waals surface area contributed by atoms with E-state index in [2.05, 4.69) is 15.9 Å². The maximum atomic E-state index is 12.2. The minimum atomic E-state index is -0.0523.